The first-order valence-corrected chi connectivity index (χ1v) is 9.64. The molecule has 4 heteroatoms. The minimum atomic E-state index is -0.412. The highest BCUT2D eigenvalue weighted by molar-refractivity contribution is 5.89. The van der Waals surface area contributed by atoms with Crippen molar-refractivity contribution in [3.8, 4) is 0 Å². The number of hydrogen-bond donors (Lipinski definition) is 1. The van der Waals surface area contributed by atoms with E-state index in [-0.39, 0.29) is 11.8 Å². The Morgan fingerprint density at radius 2 is 2.31 bits per heavy atom. The van der Waals surface area contributed by atoms with Crippen LogP contribution in [0.5, 0.6) is 0 Å². The predicted octanol–water partition coefficient (Wildman–Crippen LogP) is 4.05. The molecule has 3 heterocycles. The van der Waals surface area contributed by atoms with Gasteiger partial charge in [0.1, 0.15) is 5.60 Å². The SMILES string of the molecule is CCC(=O)/C=C\C12CCC=C1N1CCc3c([nH]c4ccccc34)C1CO2. The molecule has 1 aromatic heterocycles. The van der Waals surface area contributed by atoms with Gasteiger partial charge in [-0.15, -0.1) is 0 Å². The molecule has 3 aliphatic rings. The summed E-state index contributed by atoms with van der Waals surface area (Å²) in [6.07, 6.45) is 9.55. The number of fused-ring (bicyclic) bond motifs is 7. The van der Waals surface area contributed by atoms with Gasteiger partial charge in [0.25, 0.3) is 0 Å². The lowest BCUT2D eigenvalue weighted by atomic mass is 9.89. The first kappa shape index (κ1) is 15.9. The van der Waals surface area contributed by atoms with Gasteiger partial charge in [-0.25, -0.2) is 0 Å². The fourth-order valence-electron chi connectivity index (χ4n) is 4.80. The summed E-state index contributed by atoms with van der Waals surface area (Å²) in [6.45, 7) is 3.56. The van der Waals surface area contributed by atoms with Crippen LogP contribution < -0.4 is 0 Å². The van der Waals surface area contributed by atoms with Gasteiger partial charge in [-0.05, 0) is 43.0 Å². The summed E-state index contributed by atoms with van der Waals surface area (Å²) in [5, 5.41) is 1.34. The number of morpholine rings is 1. The van der Waals surface area contributed by atoms with Crippen molar-refractivity contribution in [3.05, 3.63) is 59.4 Å². The van der Waals surface area contributed by atoms with E-state index in [1.165, 1.54) is 27.9 Å². The maximum Gasteiger partial charge on any atom is 0.155 e. The first-order valence-electron chi connectivity index (χ1n) is 9.64. The van der Waals surface area contributed by atoms with Crippen LogP contribution in [-0.2, 0) is 16.0 Å². The average molecular weight is 348 g/mol. The normalized spacial score (nSPS) is 27.3. The quantitative estimate of drug-likeness (QED) is 0.851. The summed E-state index contributed by atoms with van der Waals surface area (Å²) in [4.78, 5) is 18.0. The maximum absolute atomic E-state index is 11.8. The molecule has 1 saturated heterocycles. The molecule has 2 aromatic rings. The Morgan fingerprint density at radius 1 is 1.42 bits per heavy atom. The molecule has 2 atom stereocenters. The summed E-state index contributed by atoms with van der Waals surface area (Å²) < 4.78 is 6.44. The largest absolute Gasteiger partial charge is 0.362 e. The number of ketones is 1. The molecule has 2 unspecified atom stereocenters. The second-order valence-electron chi connectivity index (χ2n) is 7.50. The number of benzene rings is 1. The molecule has 0 bridgehead atoms. The van der Waals surface area contributed by atoms with Crippen molar-refractivity contribution in [2.45, 2.75) is 44.2 Å². The molecule has 1 aromatic carbocycles. The van der Waals surface area contributed by atoms with Crippen molar-refractivity contribution in [1.29, 1.82) is 0 Å². The zero-order valence-corrected chi connectivity index (χ0v) is 15.1. The molecule has 0 saturated carbocycles. The topological polar surface area (TPSA) is 45.3 Å². The van der Waals surface area contributed by atoms with Gasteiger partial charge in [0.2, 0.25) is 0 Å². The summed E-state index contributed by atoms with van der Waals surface area (Å²) in [6, 6.07) is 8.79. The number of hydrogen-bond acceptors (Lipinski definition) is 3. The number of carbonyl (C=O) groups is 1. The van der Waals surface area contributed by atoms with Crippen molar-refractivity contribution < 1.29 is 9.53 Å². The number of allylic oxidation sites excluding steroid dienone is 2. The van der Waals surface area contributed by atoms with Crippen LogP contribution in [0.2, 0.25) is 0 Å². The Bertz CT molecular complexity index is 939. The number of nitrogens with zero attached hydrogens (tertiary/aromatic N) is 1. The van der Waals surface area contributed by atoms with E-state index in [0.717, 1.165) is 25.8 Å². The lowest BCUT2D eigenvalue weighted by Gasteiger charge is -2.49. The molecular formula is C22H24N2O2. The molecule has 1 aliphatic carbocycles. The van der Waals surface area contributed by atoms with Crippen molar-refractivity contribution in [2.24, 2.45) is 0 Å². The molecule has 4 nitrogen and oxygen atoms in total. The molecular weight excluding hydrogens is 324 g/mol. The predicted molar refractivity (Wildman–Crippen MR) is 102 cm³/mol. The highest BCUT2D eigenvalue weighted by atomic mass is 16.5. The van der Waals surface area contributed by atoms with Crippen molar-refractivity contribution >= 4 is 16.7 Å². The van der Waals surface area contributed by atoms with Crippen LogP contribution in [0.1, 0.15) is 43.5 Å². The average Bonchev–Trinajstić information content (AvgIpc) is 3.27. The van der Waals surface area contributed by atoms with Gasteiger partial charge in [0, 0.05) is 35.3 Å². The Hall–Kier alpha value is -2.33. The standard InChI is InChI=1S/C22H24N2O2/c1-2-15(25)9-12-22-11-5-8-20(22)24-13-10-17-16-6-3-4-7-18(16)23-21(17)19(24)14-26-22/h3-4,6-9,12,19,23H,2,5,10-11,13-14H2,1H3/b12-9-. The minimum absolute atomic E-state index is 0.160. The summed E-state index contributed by atoms with van der Waals surface area (Å²) in [5.74, 6) is 0.160. The van der Waals surface area contributed by atoms with E-state index in [2.05, 4.69) is 40.2 Å². The van der Waals surface area contributed by atoms with E-state index in [0.29, 0.717) is 13.0 Å². The smallest absolute Gasteiger partial charge is 0.155 e. The van der Waals surface area contributed by atoms with Crippen molar-refractivity contribution in [1.82, 2.24) is 9.88 Å². The van der Waals surface area contributed by atoms with Crippen LogP contribution in [0.4, 0.5) is 0 Å². The number of nitrogens with one attached hydrogen (secondary N) is 1. The fraction of sp³-hybridized carbons (Fsp3) is 0.409. The number of carbonyl (C=O) groups excluding carboxylic acids is 1. The minimum Gasteiger partial charge on any atom is -0.362 e. The third-order valence-electron chi connectivity index (χ3n) is 6.14. The molecule has 134 valence electrons. The number of ether oxygens (including phenoxy) is 1. The Labute approximate surface area is 153 Å². The van der Waals surface area contributed by atoms with Crippen LogP contribution in [0.15, 0.2) is 48.2 Å². The van der Waals surface area contributed by atoms with Crippen LogP contribution in [0.3, 0.4) is 0 Å². The van der Waals surface area contributed by atoms with Gasteiger partial charge in [0.05, 0.1) is 12.6 Å². The zero-order valence-electron chi connectivity index (χ0n) is 15.1. The van der Waals surface area contributed by atoms with Crippen LogP contribution in [-0.4, -0.2) is 34.4 Å². The third kappa shape index (κ3) is 2.21. The number of aromatic amines is 1. The van der Waals surface area contributed by atoms with E-state index in [9.17, 15) is 4.79 Å². The number of H-pyrrole nitrogens is 1. The third-order valence-corrected chi connectivity index (χ3v) is 6.14. The molecule has 1 N–H and O–H groups in total. The van der Waals surface area contributed by atoms with Crippen LogP contribution >= 0.6 is 0 Å². The maximum atomic E-state index is 11.8. The highest BCUT2D eigenvalue weighted by Crippen LogP contribution is 2.48. The summed E-state index contributed by atoms with van der Waals surface area (Å²) in [5.41, 5.74) is 4.79. The summed E-state index contributed by atoms with van der Waals surface area (Å²) >= 11 is 0. The molecule has 0 amide bonds. The van der Waals surface area contributed by atoms with E-state index in [1.54, 1.807) is 6.08 Å². The fourth-order valence-corrected chi connectivity index (χ4v) is 4.80. The molecule has 0 radical (unpaired) electrons. The van der Waals surface area contributed by atoms with E-state index < -0.39 is 5.60 Å². The first-order chi connectivity index (χ1) is 12.7. The van der Waals surface area contributed by atoms with E-state index in [1.807, 2.05) is 13.0 Å². The Balaban J connectivity index is 1.52. The lowest BCUT2D eigenvalue weighted by molar-refractivity contribution is -0.114. The van der Waals surface area contributed by atoms with Gasteiger partial charge >= 0.3 is 0 Å². The van der Waals surface area contributed by atoms with Gasteiger partial charge in [-0.1, -0.05) is 31.2 Å². The second kappa shape index (κ2) is 5.85. The van der Waals surface area contributed by atoms with Crippen molar-refractivity contribution in [2.75, 3.05) is 13.2 Å². The van der Waals surface area contributed by atoms with Gasteiger partial charge in [-0.2, -0.15) is 0 Å². The Kier molecular flexibility index (Phi) is 3.57. The lowest BCUT2D eigenvalue weighted by Crippen LogP contribution is -2.50. The monoisotopic (exact) mass is 348 g/mol. The molecule has 5 rings (SSSR count). The van der Waals surface area contributed by atoms with E-state index in [4.69, 9.17) is 4.74 Å². The molecule has 1 fully saturated rings. The van der Waals surface area contributed by atoms with Crippen LogP contribution in [0.25, 0.3) is 10.9 Å². The zero-order chi connectivity index (χ0) is 17.7. The summed E-state index contributed by atoms with van der Waals surface area (Å²) in [7, 11) is 0. The van der Waals surface area contributed by atoms with Crippen LogP contribution in [0, 0.1) is 0 Å². The van der Waals surface area contributed by atoms with Crippen molar-refractivity contribution in [3.63, 3.8) is 0 Å². The molecule has 2 aliphatic heterocycles. The second-order valence-corrected chi connectivity index (χ2v) is 7.50. The van der Waals surface area contributed by atoms with Gasteiger partial charge < -0.3 is 14.6 Å². The molecule has 26 heavy (non-hydrogen) atoms. The van der Waals surface area contributed by atoms with E-state index >= 15 is 0 Å². The number of rotatable bonds is 3. The Morgan fingerprint density at radius 3 is 3.19 bits per heavy atom. The molecule has 0 spiro atoms. The number of aromatic nitrogens is 1. The highest BCUT2D eigenvalue weighted by Gasteiger charge is 2.47. The van der Waals surface area contributed by atoms with Gasteiger partial charge in [-0.3, -0.25) is 4.79 Å². The number of para-hydroxylation sites is 1. The van der Waals surface area contributed by atoms with Gasteiger partial charge in [0.15, 0.2) is 5.78 Å².